The first-order chi connectivity index (χ1) is 16.6. The van der Waals surface area contributed by atoms with Gasteiger partial charge in [0.05, 0.1) is 28.5 Å². The summed E-state index contributed by atoms with van der Waals surface area (Å²) < 4.78 is 17.8. The molecular weight excluding hydrogens is 456 g/mol. The van der Waals surface area contributed by atoms with Gasteiger partial charge in [-0.25, -0.2) is 9.97 Å². The Balaban J connectivity index is 1.44. The highest BCUT2D eigenvalue weighted by Crippen LogP contribution is 2.43. The van der Waals surface area contributed by atoms with Gasteiger partial charge in [0.1, 0.15) is 36.4 Å². The molecule has 2 aromatic heterocycles. The smallest absolute Gasteiger partial charge is 0.250 e. The van der Waals surface area contributed by atoms with Crippen LogP contribution >= 0.6 is 11.6 Å². The van der Waals surface area contributed by atoms with E-state index >= 15 is 0 Å². The molecule has 1 aliphatic heterocycles. The number of rotatable bonds is 6. The number of pyridine rings is 1. The molecular formula is C25H19ClN4O4. The molecule has 3 heterocycles. The average Bonchev–Trinajstić information content (AvgIpc) is 2.88. The van der Waals surface area contributed by atoms with E-state index in [1.54, 1.807) is 41.4 Å². The van der Waals surface area contributed by atoms with Gasteiger partial charge in [0.15, 0.2) is 5.75 Å². The predicted octanol–water partition coefficient (Wildman–Crippen LogP) is 4.96. The Morgan fingerprint density at radius 3 is 2.88 bits per heavy atom. The predicted molar refractivity (Wildman–Crippen MR) is 128 cm³/mol. The van der Waals surface area contributed by atoms with Crippen LogP contribution in [0.25, 0.3) is 10.9 Å². The van der Waals surface area contributed by atoms with Gasteiger partial charge in [-0.2, -0.15) is 0 Å². The van der Waals surface area contributed by atoms with Crippen molar-refractivity contribution >= 4 is 34.1 Å². The van der Waals surface area contributed by atoms with E-state index < -0.39 is 0 Å². The fraction of sp³-hybridized carbons (Fsp3) is 0.120. The first kappa shape index (κ1) is 21.7. The van der Waals surface area contributed by atoms with E-state index in [1.165, 1.54) is 12.4 Å². The summed E-state index contributed by atoms with van der Waals surface area (Å²) in [6.45, 7) is 4.62. The highest BCUT2D eigenvalue weighted by molar-refractivity contribution is 6.32. The Morgan fingerprint density at radius 2 is 2.09 bits per heavy atom. The summed E-state index contributed by atoms with van der Waals surface area (Å²) in [5, 5.41) is 0.945. The molecule has 0 fully saturated rings. The fourth-order valence-corrected chi connectivity index (χ4v) is 3.85. The van der Waals surface area contributed by atoms with Crippen LogP contribution in [0.4, 0.5) is 5.69 Å². The lowest BCUT2D eigenvalue weighted by molar-refractivity contribution is -0.114. The number of nitrogens with zero attached hydrogens (tertiary/aromatic N) is 4. The van der Waals surface area contributed by atoms with Crippen molar-refractivity contribution in [2.24, 2.45) is 0 Å². The van der Waals surface area contributed by atoms with Gasteiger partial charge in [-0.1, -0.05) is 24.2 Å². The van der Waals surface area contributed by atoms with Crippen molar-refractivity contribution in [1.29, 1.82) is 0 Å². The molecule has 4 aromatic rings. The summed E-state index contributed by atoms with van der Waals surface area (Å²) in [4.78, 5) is 26.8. The number of carbonyl (C=O) groups is 1. The highest BCUT2D eigenvalue weighted by Gasteiger charge is 2.26. The summed E-state index contributed by atoms with van der Waals surface area (Å²) >= 11 is 6.43. The SMILES string of the molecule is C=CC(=O)N1CCOc2c1ccc1ncnc(Oc3ccc(OCc4ccccn4)c(Cl)c3)c21. The minimum absolute atomic E-state index is 0.212. The number of carbonyl (C=O) groups excluding carboxylic acids is 1. The largest absolute Gasteiger partial charge is 0.489 e. The second kappa shape index (κ2) is 9.36. The minimum atomic E-state index is -0.212. The van der Waals surface area contributed by atoms with Crippen molar-refractivity contribution in [3.05, 3.63) is 84.4 Å². The summed E-state index contributed by atoms with van der Waals surface area (Å²) in [6, 6.07) is 14.3. The van der Waals surface area contributed by atoms with Crippen LogP contribution in [0, 0.1) is 0 Å². The lowest BCUT2D eigenvalue weighted by Gasteiger charge is -2.29. The first-order valence-electron chi connectivity index (χ1n) is 10.5. The van der Waals surface area contributed by atoms with E-state index in [-0.39, 0.29) is 11.8 Å². The molecule has 0 radical (unpaired) electrons. The summed E-state index contributed by atoms with van der Waals surface area (Å²) in [5.74, 6) is 1.52. The summed E-state index contributed by atoms with van der Waals surface area (Å²) in [6.07, 6.45) is 4.39. The molecule has 34 heavy (non-hydrogen) atoms. The van der Waals surface area contributed by atoms with Crippen LogP contribution in [-0.2, 0) is 11.4 Å². The van der Waals surface area contributed by atoms with Crippen LogP contribution in [0.3, 0.4) is 0 Å². The molecule has 0 atom stereocenters. The normalized spacial score (nSPS) is 12.6. The maximum Gasteiger partial charge on any atom is 0.250 e. The van der Waals surface area contributed by atoms with Gasteiger partial charge in [0, 0.05) is 12.3 Å². The minimum Gasteiger partial charge on any atom is -0.489 e. The molecule has 0 saturated carbocycles. The van der Waals surface area contributed by atoms with Crippen molar-refractivity contribution in [2.45, 2.75) is 6.61 Å². The quantitative estimate of drug-likeness (QED) is 0.365. The van der Waals surface area contributed by atoms with Gasteiger partial charge in [0.25, 0.3) is 5.91 Å². The van der Waals surface area contributed by atoms with Crippen molar-refractivity contribution < 1.29 is 19.0 Å². The van der Waals surface area contributed by atoms with Crippen molar-refractivity contribution in [3.8, 4) is 23.1 Å². The van der Waals surface area contributed by atoms with E-state index in [9.17, 15) is 4.79 Å². The van der Waals surface area contributed by atoms with E-state index in [0.29, 0.717) is 58.6 Å². The standard InChI is InChI=1S/C25H19ClN4O4/c1-2-22(31)30-11-12-32-24-20(30)8-7-19-23(24)25(29-15-28-19)34-17-6-9-21(18(26)13-17)33-14-16-5-3-4-10-27-16/h2-10,13,15H,1,11-12,14H2. The average molecular weight is 475 g/mol. The second-order valence-corrected chi connectivity index (χ2v) is 7.74. The van der Waals surface area contributed by atoms with Gasteiger partial charge >= 0.3 is 0 Å². The summed E-state index contributed by atoms with van der Waals surface area (Å²) in [5.41, 5.74) is 2.03. The van der Waals surface area contributed by atoms with Crippen LogP contribution in [0.15, 0.2) is 73.7 Å². The fourth-order valence-electron chi connectivity index (χ4n) is 3.63. The highest BCUT2D eigenvalue weighted by atomic mass is 35.5. The van der Waals surface area contributed by atoms with Gasteiger partial charge < -0.3 is 19.1 Å². The van der Waals surface area contributed by atoms with Gasteiger partial charge in [-0.05, 0) is 42.5 Å². The van der Waals surface area contributed by atoms with Gasteiger partial charge in [0.2, 0.25) is 5.88 Å². The number of ether oxygens (including phenoxy) is 3. The Labute approximate surface area is 200 Å². The maximum absolute atomic E-state index is 12.3. The number of fused-ring (bicyclic) bond motifs is 3. The lowest BCUT2D eigenvalue weighted by Crippen LogP contribution is -2.36. The molecule has 0 aliphatic carbocycles. The van der Waals surface area contributed by atoms with E-state index in [1.807, 2.05) is 18.2 Å². The molecule has 170 valence electrons. The molecule has 8 nitrogen and oxygen atoms in total. The Hall–Kier alpha value is -4.17. The van der Waals surface area contributed by atoms with E-state index in [2.05, 4.69) is 21.5 Å². The number of benzene rings is 2. The first-order valence-corrected chi connectivity index (χ1v) is 10.9. The molecule has 2 aromatic carbocycles. The molecule has 5 rings (SSSR count). The number of aromatic nitrogens is 3. The van der Waals surface area contributed by atoms with Gasteiger partial charge in [-0.15, -0.1) is 0 Å². The van der Waals surface area contributed by atoms with Crippen molar-refractivity contribution in [2.75, 3.05) is 18.1 Å². The summed E-state index contributed by atoms with van der Waals surface area (Å²) in [7, 11) is 0. The monoisotopic (exact) mass is 474 g/mol. The lowest BCUT2D eigenvalue weighted by atomic mass is 10.1. The molecule has 0 unspecified atom stereocenters. The maximum atomic E-state index is 12.3. The van der Waals surface area contributed by atoms with Crippen LogP contribution in [-0.4, -0.2) is 34.0 Å². The second-order valence-electron chi connectivity index (χ2n) is 7.33. The zero-order chi connectivity index (χ0) is 23.5. The zero-order valence-electron chi connectivity index (χ0n) is 18.0. The number of hydrogen-bond donors (Lipinski definition) is 0. The third-order valence-electron chi connectivity index (χ3n) is 5.21. The number of anilines is 1. The third kappa shape index (κ3) is 4.23. The van der Waals surface area contributed by atoms with Crippen molar-refractivity contribution in [3.63, 3.8) is 0 Å². The third-order valence-corrected chi connectivity index (χ3v) is 5.51. The molecule has 9 heteroatoms. The molecule has 0 N–H and O–H groups in total. The molecule has 0 bridgehead atoms. The van der Waals surface area contributed by atoms with Crippen LogP contribution in [0.2, 0.25) is 5.02 Å². The molecule has 0 saturated heterocycles. The molecule has 1 aliphatic rings. The topological polar surface area (TPSA) is 86.7 Å². The number of halogens is 1. The molecule has 0 spiro atoms. The molecule has 1 amide bonds. The number of amides is 1. The Bertz CT molecular complexity index is 1380. The van der Waals surface area contributed by atoms with E-state index in [4.69, 9.17) is 25.8 Å². The number of hydrogen-bond acceptors (Lipinski definition) is 7. The van der Waals surface area contributed by atoms with E-state index in [0.717, 1.165) is 5.69 Å². The van der Waals surface area contributed by atoms with Gasteiger partial charge in [-0.3, -0.25) is 9.78 Å². The van der Waals surface area contributed by atoms with Crippen molar-refractivity contribution in [1.82, 2.24) is 15.0 Å². The van der Waals surface area contributed by atoms with Crippen LogP contribution in [0.5, 0.6) is 23.1 Å². The Morgan fingerprint density at radius 1 is 1.18 bits per heavy atom. The Kier molecular flexibility index (Phi) is 5.97. The zero-order valence-corrected chi connectivity index (χ0v) is 18.7. The van der Waals surface area contributed by atoms with Crippen LogP contribution in [0.1, 0.15) is 5.69 Å². The van der Waals surface area contributed by atoms with Crippen LogP contribution < -0.4 is 19.1 Å².